The molecule has 0 aliphatic rings. The molecule has 0 amide bonds. The Kier molecular flexibility index (Phi) is 3.63. The zero-order valence-corrected chi connectivity index (χ0v) is 11.1. The molecule has 2 nitrogen and oxygen atoms in total. The maximum absolute atomic E-state index is 10.5. The highest BCUT2D eigenvalue weighted by Crippen LogP contribution is 2.33. The molecule has 16 heavy (non-hydrogen) atoms. The van der Waals surface area contributed by atoms with Gasteiger partial charge in [-0.15, -0.1) is 11.3 Å². The predicted molar refractivity (Wildman–Crippen MR) is 68.9 cm³/mol. The number of hydrogen-bond acceptors (Lipinski definition) is 3. The zero-order chi connectivity index (χ0) is 11.5. The molecule has 1 aromatic carbocycles. The van der Waals surface area contributed by atoms with Crippen LogP contribution in [-0.2, 0) is 0 Å². The smallest absolute Gasteiger partial charge is 0.160 e. The molecule has 0 fully saturated rings. The molecule has 82 valence electrons. The van der Waals surface area contributed by atoms with Crippen molar-refractivity contribution in [1.82, 2.24) is 0 Å². The highest BCUT2D eigenvalue weighted by Gasteiger charge is 2.05. The van der Waals surface area contributed by atoms with Crippen molar-refractivity contribution < 1.29 is 9.53 Å². The topological polar surface area (TPSA) is 26.3 Å². The third-order valence-corrected chi connectivity index (χ3v) is 3.46. The number of carbonyl (C=O) groups is 1. The number of benzene rings is 1. The molecule has 0 aliphatic carbocycles. The summed E-state index contributed by atoms with van der Waals surface area (Å²) in [5.74, 6) is 1.19. The van der Waals surface area contributed by atoms with E-state index in [9.17, 15) is 4.79 Å². The van der Waals surface area contributed by atoms with E-state index >= 15 is 0 Å². The molecule has 0 bridgehead atoms. The first-order valence-corrected chi connectivity index (χ1v) is 6.41. The molecule has 0 unspecified atom stereocenters. The van der Waals surface area contributed by atoms with E-state index in [0.29, 0.717) is 21.4 Å². The Hall–Kier alpha value is -0.840. The lowest BCUT2D eigenvalue weighted by Gasteiger charge is -2.05. The van der Waals surface area contributed by atoms with Crippen LogP contribution in [0.4, 0.5) is 0 Å². The Bertz CT molecular complexity index is 524. The van der Waals surface area contributed by atoms with Crippen LogP contribution in [0.2, 0.25) is 5.02 Å². The van der Waals surface area contributed by atoms with Crippen molar-refractivity contribution in [2.24, 2.45) is 0 Å². The van der Waals surface area contributed by atoms with Gasteiger partial charge in [0.15, 0.2) is 6.29 Å². The van der Waals surface area contributed by atoms with Gasteiger partial charge >= 0.3 is 0 Å². The highest BCUT2D eigenvalue weighted by atomic mass is 79.9. The second kappa shape index (κ2) is 4.99. The minimum Gasteiger partial charge on any atom is -0.455 e. The molecule has 0 aliphatic heterocycles. The second-order valence-electron chi connectivity index (χ2n) is 2.98. The van der Waals surface area contributed by atoms with Gasteiger partial charge in [0.25, 0.3) is 0 Å². The van der Waals surface area contributed by atoms with Gasteiger partial charge in [-0.2, -0.15) is 0 Å². The maximum Gasteiger partial charge on any atom is 0.160 e. The van der Waals surface area contributed by atoms with E-state index in [2.05, 4.69) is 15.9 Å². The average molecular weight is 318 g/mol. The Morgan fingerprint density at radius 1 is 1.38 bits per heavy atom. The molecule has 2 rings (SSSR count). The minimum atomic E-state index is 0.522. The number of rotatable bonds is 3. The van der Waals surface area contributed by atoms with Crippen molar-refractivity contribution in [3.63, 3.8) is 0 Å². The van der Waals surface area contributed by atoms with Crippen LogP contribution in [0.3, 0.4) is 0 Å². The molecule has 0 N–H and O–H groups in total. The summed E-state index contributed by atoms with van der Waals surface area (Å²) in [6, 6.07) is 7.04. The van der Waals surface area contributed by atoms with Crippen LogP contribution in [0.1, 0.15) is 9.67 Å². The van der Waals surface area contributed by atoms with Gasteiger partial charge in [-0.05, 0) is 18.2 Å². The number of thiophene rings is 1. The largest absolute Gasteiger partial charge is 0.455 e. The van der Waals surface area contributed by atoms with E-state index in [4.69, 9.17) is 16.3 Å². The van der Waals surface area contributed by atoms with E-state index in [-0.39, 0.29) is 0 Å². The van der Waals surface area contributed by atoms with Crippen molar-refractivity contribution in [3.05, 3.63) is 44.0 Å². The first-order valence-electron chi connectivity index (χ1n) is 4.35. The van der Waals surface area contributed by atoms with Crippen molar-refractivity contribution >= 4 is 45.2 Å². The van der Waals surface area contributed by atoms with Gasteiger partial charge in [0, 0.05) is 15.9 Å². The first-order chi connectivity index (χ1) is 7.69. The van der Waals surface area contributed by atoms with E-state index in [1.165, 1.54) is 11.3 Å². The summed E-state index contributed by atoms with van der Waals surface area (Å²) in [6.07, 6.45) is 0.792. The van der Waals surface area contributed by atoms with Crippen LogP contribution in [0.5, 0.6) is 11.5 Å². The molecule has 1 heterocycles. The lowest BCUT2D eigenvalue weighted by Crippen LogP contribution is -1.83. The normalized spacial score (nSPS) is 10.1. The molecule has 1 aromatic heterocycles. The van der Waals surface area contributed by atoms with Gasteiger partial charge in [0.1, 0.15) is 11.5 Å². The Balaban J connectivity index is 2.23. The maximum atomic E-state index is 10.5. The van der Waals surface area contributed by atoms with Gasteiger partial charge in [0.05, 0.1) is 9.90 Å². The van der Waals surface area contributed by atoms with Crippen LogP contribution in [-0.4, -0.2) is 6.29 Å². The van der Waals surface area contributed by atoms with Crippen molar-refractivity contribution in [2.45, 2.75) is 0 Å². The van der Waals surface area contributed by atoms with Crippen molar-refractivity contribution in [1.29, 1.82) is 0 Å². The van der Waals surface area contributed by atoms with Gasteiger partial charge in [-0.3, -0.25) is 4.79 Å². The van der Waals surface area contributed by atoms with E-state index < -0.39 is 0 Å². The van der Waals surface area contributed by atoms with Crippen LogP contribution in [0, 0.1) is 0 Å². The lowest BCUT2D eigenvalue weighted by atomic mass is 10.3. The zero-order valence-electron chi connectivity index (χ0n) is 7.94. The average Bonchev–Trinajstić information content (AvgIpc) is 2.70. The Labute approximate surface area is 110 Å². The predicted octanol–water partition coefficient (Wildman–Crippen LogP) is 4.77. The molecule has 0 spiro atoms. The second-order valence-corrected chi connectivity index (χ2v) is 5.25. The van der Waals surface area contributed by atoms with Crippen LogP contribution < -0.4 is 4.74 Å². The summed E-state index contributed by atoms with van der Waals surface area (Å²) >= 11 is 10.6. The van der Waals surface area contributed by atoms with Gasteiger partial charge in [0.2, 0.25) is 0 Å². The fourth-order valence-electron chi connectivity index (χ4n) is 1.13. The summed E-state index contributed by atoms with van der Waals surface area (Å²) in [6.45, 7) is 0. The fraction of sp³-hybridized carbons (Fsp3) is 0. The number of hydrogen-bond donors (Lipinski definition) is 0. The van der Waals surface area contributed by atoms with Crippen molar-refractivity contribution in [3.8, 4) is 11.5 Å². The summed E-state index contributed by atoms with van der Waals surface area (Å²) in [5.41, 5.74) is 0. The molecule has 0 saturated carbocycles. The van der Waals surface area contributed by atoms with Gasteiger partial charge in [-0.1, -0.05) is 27.5 Å². The first kappa shape index (κ1) is 11.6. The minimum absolute atomic E-state index is 0.522. The molecule has 5 heteroatoms. The number of aldehydes is 1. The summed E-state index contributed by atoms with van der Waals surface area (Å²) in [4.78, 5) is 11.1. The Morgan fingerprint density at radius 2 is 2.19 bits per heavy atom. The van der Waals surface area contributed by atoms with Crippen LogP contribution in [0.15, 0.2) is 34.1 Å². The quantitative estimate of drug-likeness (QED) is 0.762. The lowest BCUT2D eigenvalue weighted by molar-refractivity contribution is 0.112. The summed E-state index contributed by atoms with van der Waals surface area (Å²) < 4.78 is 6.44. The third-order valence-electron chi connectivity index (χ3n) is 1.83. The fourth-order valence-corrected chi connectivity index (χ4v) is 2.45. The molecule has 0 saturated heterocycles. The monoisotopic (exact) mass is 316 g/mol. The number of halogens is 2. The molecular formula is C11H6BrClO2S. The number of carbonyl (C=O) groups excluding carboxylic acids is 1. The van der Waals surface area contributed by atoms with Gasteiger partial charge in [-0.25, -0.2) is 0 Å². The number of ether oxygens (including phenoxy) is 1. The summed E-state index contributed by atoms with van der Waals surface area (Å²) in [7, 11) is 0. The molecular weight excluding hydrogens is 312 g/mol. The van der Waals surface area contributed by atoms with Crippen molar-refractivity contribution in [2.75, 3.05) is 0 Å². The van der Waals surface area contributed by atoms with Crippen LogP contribution in [0.25, 0.3) is 0 Å². The molecule has 0 atom stereocenters. The SMILES string of the molecule is O=Cc1cc(Oc2ccc(Br)cc2Cl)cs1. The van der Waals surface area contributed by atoms with Gasteiger partial charge < -0.3 is 4.74 Å². The molecule has 0 radical (unpaired) electrons. The van der Waals surface area contributed by atoms with E-state index in [0.717, 1.165) is 10.8 Å². The van der Waals surface area contributed by atoms with Crippen LogP contribution >= 0.6 is 38.9 Å². The van der Waals surface area contributed by atoms with E-state index in [1.807, 2.05) is 6.07 Å². The Morgan fingerprint density at radius 3 is 2.81 bits per heavy atom. The summed E-state index contributed by atoms with van der Waals surface area (Å²) in [5, 5.41) is 2.29. The standard InChI is InChI=1S/C11H6BrClO2S/c12-7-1-2-11(10(13)3-7)15-8-4-9(5-14)16-6-8/h1-6H. The van der Waals surface area contributed by atoms with E-state index in [1.54, 1.807) is 23.6 Å². The molecule has 2 aromatic rings. The third kappa shape index (κ3) is 2.64. The highest BCUT2D eigenvalue weighted by molar-refractivity contribution is 9.10.